The molecule has 0 spiro atoms. The van der Waals surface area contributed by atoms with Crippen molar-refractivity contribution in [3.63, 3.8) is 0 Å². The molecule has 0 aromatic heterocycles. The van der Waals surface area contributed by atoms with E-state index in [9.17, 15) is 22.7 Å². The Bertz CT molecular complexity index is 1090. The van der Waals surface area contributed by atoms with E-state index in [2.05, 4.69) is 11.9 Å². The Kier molecular flexibility index (Phi) is 9.39. The van der Waals surface area contributed by atoms with Crippen LogP contribution in [0, 0.1) is 5.82 Å². The number of carbonyl (C=O) groups is 1. The number of sulfonamides is 1. The molecule has 0 unspecified atom stereocenters. The van der Waals surface area contributed by atoms with Crippen LogP contribution in [0.4, 0.5) is 9.18 Å². The number of nitrogens with one attached hydrogen (secondary N) is 1. The van der Waals surface area contributed by atoms with Gasteiger partial charge in [-0.3, -0.25) is 0 Å². The maximum Gasteiger partial charge on any atom is 0.407 e. The Morgan fingerprint density at radius 2 is 1.94 bits per heavy atom. The number of carbonyl (C=O) groups excluding carboxylic acids is 1. The highest BCUT2D eigenvalue weighted by molar-refractivity contribution is 7.89. The van der Waals surface area contributed by atoms with E-state index in [1.165, 1.54) is 12.1 Å². The number of benzene rings is 2. The van der Waals surface area contributed by atoms with Crippen molar-refractivity contribution in [3.05, 3.63) is 78.1 Å². The zero-order valence-corrected chi connectivity index (χ0v) is 20.4. The molecule has 8 nitrogen and oxygen atoms in total. The minimum atomic E-state index is -4.08. The van der Waals surface area contributed by atoms with E-state index in [4.69, 9.17) is 9.47 Å². The van der Waals surface area contributed by atoms with E-state index in [0.29, 0.717) is 25.2 Å². The fourth-order valence-corrected chi connectivity index (χ4v) is 5.25. The van der Waals surface area contributed by atoms with Crippen molar-refractivity contribution >= 4 is 16.1 Å². The molecule has 190 valence electrons. The molecule has 2 aromatic rings. The van der Waals surface area contributed by atoms with Crippen LogP contribution in [0.3, 0.4) is 0 Å². The molecule has 2 aromatic carbocycles. The van der Waals surface area contributed by atoms with Crippen LogP contribution in [0.2, 0.25) is 0 Å². The summed E-state index contributed by atoms with van der Waals surface area (Å²) >= 11 is 0. The van der Waals surface area contributed by atoms with Crippen LogP contribution in [0.15, 0.2) is 71.6 Å². The average Bonchev–Trinajstić information content (AvgIpc) is 3.31. The minimum Gasteiger partial charge on any atom is -0.444 e. The topological polar surface area (TPSA) is 105 Å². The SMILES string of the molecule is C=C(C)CN(C[C@@H](O)[C@H](Cc1ccccc1)NC(=O)O[C@@H]1CCOC1)S(=O)(=O)c1ccc(F)cc1. The Labute approximate surface area is 205 Å². The number of hydrogen-bond donors (Lipinski definition) is 2. The van der Waals surface area contributed by atoms with Crippen LogP contribution in [-0.4, -0.2) is 68.5 Å². The van der Waals surface area contributed by atoms with Crippen molar-refractivity contribution in [2.45, 2.75) is 42.9 Å². The second-order valence-corrected chi connectivity index (χ2v) is 10.5. The molecule has 1 heterocycles. The molecule has 10 heteroatoms. The zero-order chi connectivity index (χ0) is 25.4. The van der Waals surface area contributed by atoms with Crippen LogP contribution in [-0.2, 0) is 25.9 Å². The number of aliphatic hydroxyl groups excluding tert-OH is 1. The minimum absolute atomic E-state index is 0.0569. The summed E-state index contributed by atoms with van der Waals surface area (Å²) in [7, 11) is -4.08. The van der Waals surface area contributed by atoms with Gasteiger partial charge in [-0.1, -0.05) is 42.5 Å². The van der Waals surface area contributed by atoms with Gasteiger partial charge in [-0.15, -0.1) is 0 Å². The summed E-state index contributed by atoms with van der Waals surface area (Å²) in [6.45, 7) is 5.89. The lowest BCUT2D eigenvalue weighted by Crippen LogP contribution is -2.51. The summed E-state index contributed by atoms with van der Waals surface area (Å²) < 4.78 is 51.6. The maximum absolute atomic E-state index is 13.4. The van der Waals surface area contributed by atoms with Crippen LogP contribution in [0.25, 0.3) is 0 Å². The number of aliphatic hydroxyl groups is 1. The van der Waals surface area contributed by atoms with Crippen LogP contribution >= 0.6 is 0 Å². The fraction of sp³-hybridized carbons (Fsp3) is 0.400. The summed E-state index contributed by atoms with van der Waals surface area (Å²) in [5.41, 5.74) is 1.39. The first kappa shape index (κ1) is 26.8. The standard InChI is InChI=1S/C25H31FN2O6S/c1-18(2)15-28(35(31,32)22-10-8-20(26)9-11-22)16-24(29)23(14-19-6-4-3-5-7-19)27-25(30)34-21-12-13-33-17-21/h3-11,21,23-24,29H,1,12-17H2,2H3,(H,27,30)/t21-,23+,24-/m1/s1. The summed E-state index contributed by atoms with van der Waals surface area (Å²) in [6.07, 6.45) is -1.54. The van der Waals surface area contributed by atoms with E-state index >= 15 is 0 Å². The Morgan fingerprint density at radius 1 is 1.26 bits per heavy atom. The van der Waals surface area contributed by atoms with Gasteiger partial charge in [-0.2, -0.15) is 4.31 Å². The van der Waals surface area contributed by atoms with Crippen molar-refractivity contribution in [3.8, 4) is 0 Å². The molecule has 0 aliphatic carbocycles. The molecule has 35 heavy (non-hydrogen) atoms. The number of halogens is 1. The van der Waals surface area contributed by atoms with Crippen LogP contribution in [0.1, 0.15) is 18.9 Å². The van der Waals surface area contributed by atoms with E-state index in [1.807, 2.05) is 30.3 Å². The third kappa shape index (κ3) is 7.86. The summed E-state index contributed by atoms with van der Waals surface area (Å²) in [6, 6.07) is 12.8. The molecule has 3 atom stereocenters. The van der Waals surface area contributed by atoms with Crippen molar-refractivity contribution in [2.24, 2.45) is 0 Å². The molecule has 2 N–H and O–H groups in total. The summed E-state index contributed by atoms with van der Waals surface area (Å²) in [5, 5.41) is 13.8. The Morgan fingerprint density at radius 3 is 2.54 bits per heavy atom. The highest BCUT2D eigenvalue weighted by Gasteiger charge is 2.32. The predicted molar refractivity (Wildman–Crippen MR) is 129 cm³/mol. The van der Waals surface area contributed by atoms with Gasteiger partial charge in [0.15, 0.2) is 0 Å². The molecule has 1 saturated heterocycles. The molecule has 0 bridgehead atoms. The first-order valence-electron chi connectivity index (χ1n) is 11.3. The molecule has 1 aliphatic rings. The summed E-state index contributed by atoms with van der Waals surface area (Å²) in [5.74, 6) is -0.561. The molecule has 3 rings (SSSR count). The van der Waals surface area contributed by atoms with Gasteiger partial charge >= 0.3 is 6.09 Å². The predicted octanol–water partition coefficient (Wildman–Crippen LogP) is 2.88. The monoisotopic (exact) mass is 506 g/mol. The van der Waals surface area contributed by atoms with E-state index in [-0.39, 0.29) is 30.5 Å². The lowest BCUT2D eigenvalue weighted by atomic mass is 10.0. The summed E-state index contributed by atoms with van der Waals surface area (Å²) in [4.78, 5) is 12.4. The molecule has 0 radical (unpaired) electrons. The van der Waals surface area contributed by atoms with Crippen molar-refractivity contribution in [1.29, 1.82) is 0 Å². The van der Waals surface area contributed by atoms with Gasteiger partial charge in [0.25, 0.3) is 0 Å². The number of ether oxygens (including phenoxy) is 2. The number of nitrogens with zero attached hydrogens (tertiary/aromatic N) is 1. The van der Waals surface area contributed by atoms with Gasteiger partial charge in [-0.05, 0) is 43.2 Å². The van der Waals surface area contributed by atoms with E-state index < -0.39 is 34.1 Å². The van der Waals surface area contributed by atoms with Gasteiger partial charge in [0.2, 0.25) is 10.0 Å². The molecular weight excluding hydrogens is 475 g/mol. The first-order valence-corrected chi connectivity index (χ1v) is 12.8. The van der Waals surface area contributed by atoms with Gasteiger partial charge in [0.1, 0.15) is 11.9 Å². The molecule has 1 aliphatic heterocycles. The van der Waals surface area contributed by atoms with Crippen LogP contribution < -0.4 is 5.32 Å². The lowest BCUT2D eigenvalue weighted by molar-refractivity contribution is 0.0654. The number of amides is 1. The third-order valence-corrected chi connectivity index (χ3v) is 7.34. The van der Waals surface area contributed by atoms with Crippen molar-refractivity contribution in [1.82, 2.24) is 9.62 Å². The number of alkyl carbamates (subject to hydrolysis) is 1. The molecule has 0 saturated carbocycles. The molecular formula is C25H31FN2O6S. The van der Waals surface area contributed by atoms with Crippen molar-refractivity contribution in [2.75, 3.05) is 26.3 Å². The van der Waals surface area contributed by atoms with Crippen molar-refractivity contribution < 1.29 is 32.2 Å². The molecule has 1 amide bonds. The highest BCUT2D eigenvalue weighted by atomic mass is 32.2. The van der Waals surface area contributed by atoms with Gasteiger partial charge in [0.05, 0.1) is 30.3 Å². The van der Waals surface area contributed by atoms with Crippen LogP contribution in [0.5, 0.6) is 0 Å². The second kappa shape index (κ2) is 12.3. The van der Waals surface area contributed by atoms with Gasteiger partial charge in [-0.25, -0.2) is 17.6 Å². The number of hydrogen-bond acceptors (Lipinski definition) is 6. The maximum atomic E-state index is 13.4. The molecule has 1 fully saturated rings. The zero-order valence-electron chi connectivity index (χ0n) is 19.6. The number of rotatable bonds is 11. The fourth-order valence-electron chi connectivity index (χ4n) is 3.73. The third-order valence-electron chi connectivity index (χ3n) is 5.52. The highest BCUT2D eigenvalue weighted by Crippen LogP contribution is 2.19. The van der Waals surface area contributed by atoms with Gasteiger partial charge < -0.3 is 19.9 Å². The lowest BCUT2D eigenvalue weighted by Gasteiger charge is -2.30. The van der Waals surface area contributed by atoms with Gasteiger partial charge in [0, 0.05) is 19.5 Å². The van der Waals surface area contributed by atoms with E-state index in [1.54, 1.807) is 6.92 Å². The Hall–Kier alpha value is -2.79. The first-order chi connectivity index (χ1) is 16.6. The van der Waals surface area contributed by atoms with E-state index in [0.717, 1.165) is 22.0 Å². The smallest absolute Gasteiger partial charge is 0.407 e. The quantitative estimate of drug-likeness (QED) is 0.454. The largest absolute Gasteiger partial charge is 0.444 e. The Balaban J connectivity index is 1.80. The normalized spacial score (nSPS) is 17.7. The second-order valence-electron chi connectivity index (χ2n) is 8.61. The average molecular weight is 507 g/mol.